The van der Waals surface area contributed by atoms with E-state index >= 15 is 0 Å². The summed E-state index contributed by atoms with van der Waals surface area (Å²) in [6.07, 6.45) is -1.83. The molecule has 10 N–H and O–H groups in total. The monoisotopic (exact) mass is 433 g/mol. The lowest BCUT2D eigenvalue weighted by atomic mass is 10.0. The number of aliphatic hydroxyl groups excluding tert-OH is 2. The zero-order valence-corrected chi connectivity index (χ0v) is 17.1. The molecule has 0 aromatic carbocycles. The molecule has 5 unspecified atom stereocenters. The Hall–Kier alpha value is -2.77. The van der Waals surface area contributed by atoms with Crippen LogP contribution < -0.4 is 27.4 Å². The van der Waals surface area contributed by atoms with Gasteiger partial charge in [0.15, 0.2) is 6.04 Å². The summed E-state index contributed by atoms with van der Waals surface area (Å²) in [6, 6.07) is -5.72. The number of aliphatic hydroxyl groups is 2. The van der Waals surface area contributed by atoms with Crippen molar-refractivity contribution in [3.05, 3.63) is 0 Å². The van der Waals surface area contributed by atoms with Crippen LogP contribution in [-0.2, 0) is 24.0 Å². The second-order valence-electron chi connectivity index (χ2n) is 7.28. The van der Waals surface area contributed by atoms with Crippen LogP contribution in [0.2, 0.25) is 0 Å². The van der Waals surface area contributed by atoms with Gasteiger partial charge in [-0.15, -0.1) is 0 Å². The average Bonchev–Trinajstić information content (AvgIpc) is 2.61. The van der Waals surface area contributed by atoms with Gasteiger partial charge in [-0.05, 0) is 19.3 Å². The number of carboxylic acids is 1. The van der Waals surface area contributed by atoms with Gasteiger partial charge in [0.1, 0.15) is 12.1 Å². The molecule has 0 aliphatic carbocycles. The van der Waals surface area contributed by atoms with Gasteiger partial charge in [-0.25, -0.2) is 4.79 Å². The van der Waals surface area contributed by atoms with E-state index in [1.807, 2.05) is 19.2 Å². The number of rotatable bonds is 13. The van der Waals surface area contributed by atoms with Gasteiger partial charge in [-0.3, -0.25) is 19.2 Å². The summed E-state index contributed by atoms with van der Waals surface area (Å²) in [5.41, 5.74) is 10.8. The Morgan fingerprint density at radius 3 is 1.80 bits per heavy atom. The molecular weight excluding hydrogens is 402 g/mol. The van der Waals surface area contributed by atoms with Gasteiger partial charge in [0, 0.05) is 0 Å². The molecule has 4 amide bonds. The number of carboxylic acid groups (broad SMARTS) is 1. The molecule has 13 heteroatoms. The molecule has 0 aliphatic heterocycles. The summed E-state index contributed by atoms with van der Waals surface area (Å²) < 4.78 is 0. The number of carbonyl (C=O) groups excluding carboxylic acids is 4. The first kappa shape index (κ1) is 27.2. The zero-order chi connectivity index (χ0) is 23.6. The molecule has 0 aromatic heterocycles. The smallest absolute Gasteiger partial charge is 0.328 e. The minimum absolute atomic E-state index is 0.104. The molecule has 0 radical (unpaired) electrons. The van der Waals surface area contributed by atoms with Crippen molar-refractivity contribution in [2.24, 2.45) is 17.4 Å². The molecule has 0 spiro atoms. The standard InChI is InChI=1S/C17H31N5O8/c1-7(2)4-9(18)14(26)21-11(6-23)16(28)20-10(5-12(19)25)15(27)22-13(8(3)24)17(29)30/h7-11,13,23-24H,4-6,18H2,1-3H3,(H2,19,25)(H,20,28)(H,21,26)(H,22,27)(H,29,30). The van der Waals surface area contributed by atoms with Crippen molar-refractivity contribution in [2.45, 2.75) is 63.9 Å². The van der Waals surface area contributed by atoms with E-state index in [0.29, 0.717) is 6.42 Å². The minimum atomic E-state index is -1.70. The zero-order valence-electron chi connectivity index (χ0n) is 17.1. The quantitative estimate of drug-likeness (QED) is 0.142. The fourth-order valence-electron chi connectivity index (χ4n) is 2.41. The van der Waals surface area contributed by atoms with E-state index in [2.05, 4.69) is 10.6 Å². The van der Waals surface area contributed by atoms with Crippen LogP contribution in [0.4, 0.5) is 0 Å². The highest BCUT2D eigenvalue weighted by Crippen LogP contribution is 2.03. The first-order valence-corrected chi connectivity index (χ1v) is 9.26. The van der Waals surface area contributed by atoms with Crippen LogP contribution >= 0.6 is 0 Å². The molecular formula is C17H31N5O8. The summed E-state index contributed by atoms with van der Waals surface area (Å²) >= 11 is 0. The normalized spacial score (nSPS) is 16.0. The number of hydrogen-bond acceptors (Lipinski definition) is 8. The van der Waals surface area contributed by atoms with Gasteiger partial charge >= 0.3 is 5.97 Å². The van der Waals surface area contributed by atoms with Crippen LogP contribution in [-0.4, -0.2) is 81.8 Å². The van der Waals surface area contributed by atoms with Crippen molar-refractivity contribution < 1.29 is 39.3 Å². The Bertz CT molecular complexity index is 640. The fraction of sp³-hybridized carbons (Fsp3) is 0.706. The third-order valence-corrected chi connectivity index (χ3v) is 3.96. The number of nitrogens with two attached hydrogens (primary N) is 2. The number of primary amides is 1. The maximum Gasteiger partial charge on any atom is 0.328 e. The van der Waals surface area contributed by atoms with Gasteiger partial charge in [0.25, 0.3) is 0 Å². The Balaban J connectivity index is 5.26. The van der Waals surface area contributed by atoms with Crippen molar-refractivity contribution in [2.75, 3.05) is 6.61 Å². The van der Waals surface area contributed by atoms with Crippen molar-refractivity contribution >= 4 is 29.6 Å². The lowest BCUT2D eigenvalue weighted by Gasteiger charge is -2.24. The van der Waals surface area contributed by atoms with E-state index in [9.17, 15) is 34.2 Å². The van der Waals surface area contributed by atoms with Gasteiger partial charge in [0.05, 0.1) is 25.2 Å². The van der Waals surface area contributed by atoms with Crippen LogP contribution in [0.25, 0.3) is 0 Å². The predicted octanol–water partition coefficient (Wildman–Crippen LogP) is -3.85. The molecule has 5 atom stereocenters. The van der Waals surface area contributed by atoms with Gasteiger partial charge in [-0.1, -0.05) is 13.8 Å². The summed E-state index contributed by atoms with van der Waals surface area (Å²) in [4.78, 5) is 59.1. The number of carbonyl (C=O) groups is 5. The first-order chi connectivity index (χ1) is 13.8. The third-order valence-electron chi connectivity index (χ3n) is 3.96. The second kappa shape index (κ2) is 12.7. The Labute approximate surface area is 173 Å². The summed E-state index contributed by atoms with van der Waals surface area (Å²) in [6.45, 7) is 3.98. The molecule has 0 rings (SSSR count). The van der Waals surface area contributed by atoms with Crippen LogP contribution in [0.3, 0.4) is 0 Å². The highest BCUT2D eigenvalue weighted by Gasteiger charge is 2.32. The number of aliphatic carboxylic acids is 1. The van der Waals surface area contributed by atoms with Crippen LogP contribution in [0, 0.1) is 5.92 Å². The highest BCUT2D eigenvalue weighted by atomic mass is 16.4. The van der Waals surface area contributed by atoms with Crippen molar-refractivity contribution in [3.8, 4) is 0 Å². The lowest BCUT2D eigenvalue weighted by Crippen LogP contribution is -2.59. The topological polar surface area (TPSA) is 234 Å². The predicted molar refractivity (Wildman–Crippen MR) is 103 cm³/mol. The van der Waals surface area contributed by atoms with E-state index in [-0.39, 0.29) is 5.92 Å². The number of amides is 4. The molecule has 13 nitrogen and oxygen atoms in total. The number of hydrogen-bond donors (Lipinski definition) is 8. The fourth-order valence-corrected chi connectivity index (χ4v) is 2.41. The maximum absolute atomic E-state index is 12.4. The summed E-state index contributed by atoms with van der Waals surface area (Å²) in [5, 5.41) is 34.2. The first-order valence-electron chi connectivity index (χ1n) is 9.26. The summed E-state index contributed by atoms with van der Waals surface area (Å²) in [7, 11) is 0. The number of nitrogens with one attached hydrogen (secondary N) is 3. The van der Waals surface area contributed by atoms with Crippen LogP contribution in [0.15, 0.2) is 0 Å². The Kier molecular flexibility index (Phi) is 11.5. The van der Waals surface area contributed by atoms with Crippen LogP contribution in [0.1, 0.15) is 33.6 Å². The molecule has 0 saturated carbocycles. The molecule has 0 heterocycles. The van der Waals surface area contributed by atoms with Crippen LogP contribution in [0.5, 0.6) is 0 Å². The van der Waals surface area contributed by atoms with E-state index in [1.54, 1.807) is 0 Å². The van der Waals surface area contributed by atoms with E-state index < -0.39 is 72.9 Å². The Morgan fingerprint density at radius 2 is 1.40 bits per heavy atom. The molecule has 0 aliphatic rings. The Morgan fingerprint density at radius 1 is 0.900 bits per heavy atom. The molecule has 0 saturated heterocycles. The molecule has 0 aromatic rings. The van der Waals surface area contributed by atoms with E-state index in [1.165, 1.54) is 0 Å². The van der Waals surface area contributed by atoms with Gasteiger partial charge < -0.3 is 42.7 Å². The van der Waals surface area contributed by atoms with E-state index in [4.69, 9.17) is 16.6 Å². The second-order valence-corrected chi connectivity index (χ2v) is 7.28. The minimum Gasteiger partial charge on any atom is -0.480 e. The SMILES string of the molecule is CC(C)CC(N)C(=O)NC(CO)C(=O)NC(CC(N)=O)C(=O)NC(C(=O)O)C(C)O. The molecule has 0 bridgehead atoms. The maximum atomic E-state index is 12.4. The highest BCUT2D eigenvalue weighted by molar-refractivity contribution is 5.96. The largest absolute Gasteiger partial charge is 0.480 e. The molecule has 172 valence electrons. The lowest BCUT2D eigenvalue weighted by molar-refractivity contribution is -0.145. The van der Waals surface area contributed by atoms with Crippen molar-refractivity contribution in [3.63, 3.8) is 0 Å². The molecule has 0 fully saturated rings. The van der Waals surface area contributed by atoms with Gasteiger partial charge in [-0.2, -0.15) is 0 Å². The third kappa shape index (κ3) is 9.62. The van der Waals surface area contributed by atoms with Gasteiger partial charge in [0.2, 0.25) is 23.6 Å². The van der Waals surface area contributed by atoms with Crippen molar-refractivity contribution in [1.82, 2.24) is 16.0 Å². The summed E-state index contributed by atoms with van der Waals surface area (Å²) in [5.74, 6) is -5.24. The van der Waals surface area contributed by atoms with E-state index in [0.717, 1.165) is 6.92 Å². The molecule has 30 heavy (non-hydrogen) atoms. The average molecular weight is 433 g/mol. The van der Waals surface area contributed by atoms with Crippen molar-refractivity contribution in [1.29, 1.82) is 0 Å².